The first-order valence-electron chi connectivity index (χ1n) is 8.17. The average molecular weight is 377 g/mol. The van der Waals surface area contributed by atoms with Crippen molar-refractivity contribution in [2.24, 2.45) is 0 Å². The second-order valence-electron chi connectivity index (χ2n) is 6.28. The van der Waals surface area contributed by atoms with Crippen molar-refractivity contribution in [1.29, 1.82) is 0 Å². The van der Waals surface area contributed by atoms with Crippen LogP contribution in [0.3, 0.4) is 0 Å². The number of nitrogens with one attached hydrogen (secondary N) is 1. The Labute approximate surface area is 155 Å². The Bertz CT molecular complexity index is 811. The minimum absolute atomic E-state index is 0.00834. The second-order valence-corrected chi connectivity index (χ2v) is 6.72. The summed E-state index contributed by atoms with van der Waals surface area (Å²) < 4.78 is 13.3. The van der Waals surface area contributed by atoms with Crippen molar-refractivity contribution in [2.45, 2.75) is 25.1 Å². The molecule has 0 radical (unpaired) electrons. The number of halogens is 2. The van der Waals surface area contributed by atoms with Crippen molar-refractivity contribution in [3.63, 3.8) is 0 Å². The van der Waals surface area contributed by atoms with E-state index in [1.54, 1.807) is 0 Å². The summed E-state index contributed by atoms with van der Waals surface area (Å²) in [6, 6.07) is 13.2. The van der Waals surface area contributed by atoms with Crippen molar-refractivity contribution in [2.75, 3.05) is 6.54 Å². The molecule has 2 N–H and O–H groups in total. The first-order valence-corrected chi connectivity index (χ1v) is 8.55. The molecule has 5 nitrogen and oxygen atoms in total. The van der Waals surface area contributed by atoms with Crippen molar-refractivity contribution >= 4 is 23.4 Å². The number of hydrogen-bond acceptors (Lipinski definition) is 3. The Morgan fingerprint density at radius 1 is 1.23 bits per heavy atom. The molecule has 3 rings (SSSR count). The van der Waals surface area contributed by atoms with Crippen molar-refractivity contribution in [1.82, 2.24) is 10.2 Å². The van der Waals surface area contributed by atoms with Gasteiger partial charge < -0.3 is 15.3 Å². The van der Waals surface area contributed by atoms with Gasteiger partial charge >= 0.3 is 0 Å². The fourth-order valence-corrected chi connectivity index (χ4v) is 3.22. The van der Waals surface area contributed by atoms with Gasteiger partial charge in [-0.05, 0) is 29.3 Å². The minimum atomic E-state index is -2.11. The molecule has 0 saturated carbocycles. The van der Waals surface area contributed by atoms with E-state index in [4.69, 9.17) is 11.6 Å². The molecule has 0 aromatic heterocycles. The Balaban J connectivity index is 1.64. The van der Waals surface area contributed by atoms with Crippen LogP contribution in [-0.4, -0.2) is 34.0 Å². The summed E-state index contributed by atoms with van der Waals surface area (Å²) in [6.07, 6.45) is 0.00834. The third kappa shape index (κ3) is 3.86. The van der Waals surface area contributed by atoms with Gasteiger partial charge in [0.15, 0.2) is 0 Å². The Morgan fingerprint density at radius 3 is 2.65 bits per heavy atom. The number of rotatable bonds is 5. The molecule has 1 saturated heterocycles. The Morgan fingerprint density at radius 2 is 1.96 bits per heavy atom. The van der Waals surface area contributed by atoms with Crippen molar-refractivity contribution in [3.8, 4) is 0 Å². The highest BCUT2D eigenvalue weighted by molar-refractivity contribution is 6.30. The summed E-state index contributed by atoms with van der Waals surface area (Å²) in [6.45, 7) is 0.572. The van der Waals surface area contributed by atoms with Crippen LogP contribution in [0.25, 0.3) is 0 Å². The summed E-state index contributed by atoms with van der Waals surface area (Å²) in [4.78, 5) is 26.4. The molecule has 0 aliphatic carbocycles. The predicted octanol–water partition coefficient (Wildman–Crippen LogP) is 2.26. The molecule has 1 atom stereocenters. The maximum atomic E-state index is 13.3. The first kappa shape index (κ1) is 18.4. The van der Waals surface area contributed by atoms with Gasteiger partial charge in [0, 0.05) is 31.1 Å². The number of carbonyl (C=O) groups is 2. The highest BCUT2D eigenvalue weighted by Gasteiger charge is 2.51. The predicted molar refractivity (Wildman–Crippen MR) is 94.7 cm³/mol. The van der Waals surface area contributed by atoms with Crippen LogP contribution < -0.4 is 5.32 Å². The van der Waals surface area contributed by atoms with Gasteiger partial charge in [0.05, 0.1) is 0 Å². The van der Waals surface area contributed by atoms with E-state index in [1.807, 2.05) is 30.3 Å². The van der Waals surface area contributed by atoms with Gasteiger partial charge in [0.2, 0.25) is 5.60 Å². The molecular formula is C19H18ClFN2O3. The highest BCUT2D eigenvalue weighted by Crippen LogP contribution is 2.25. The molecular weight excluding hydrogens is 359 g/mol. The van der Waals surface area contributed by atoms with Crippen molar-refractivity contribution < 1.29 is 19.1 Å². The zero-order valence-electron chi connectivity index (χ0n) is 13.9. The fraction of sp³-hybridized carbons (Fsp3) is 0.263. The molecule has 0 unspecified atom stereocenters. The molecule has 1 aliphatic rings. The van der Waals surface area contributed by atoms with Crippen LogP contribution in [0, 0.1) is 5.82 Å². The smallest absolute Gasteiger partial charge is 0.264 e. The van der Waals surface area contributed by atoms with E-state index in [0.29, 0.717) is 12.1 Å². The normalized spacial score (nSPS) is 19.7. The summed E-state index contributed by atoms with van der Waals surface area (Å²) in [5.41, 5.74) is -0.746. The highest BCUT2D eigenvalue weighted by atomic mass is 35.5. The van der Waals surface area contributed by atoms with Crippen molar-refractivity contribution in [3.05, 3.63) is 70.5 Å². The molecule has 136 valence electrons. The van der Waals surface area contributed by atoms with E-state index in [2.05, 4.69) is 5.32 Å². The third-order valence-electron chi connectivity index (χ3n) is 4.35. The monoisotopic (exact) mass is 376 g/mol. The van der Waals surface area contributed by atoms with Crippen LogP contribution >= 0.6 is 11.6 Å². The van der Waals surface area contributed by atoms with Gasteiger partial charge in [-0.2, -0.15) is 0 Å². The van der Waals surface area contributed by atoms with Gasteiger partial charge in [-0.3, -0.25) is 9.59 Å². The van der Waals surface area contributed by atoms with Crippen LogP contribution in [0.5, 0.6) is 0 Å². The summed E-state index contributed by atoms with van der Waals surface area (Å²) in [7, 11) is 0. The van der Waals surface area contributed by atoms with Crippen LogP contribution in [0.1, 0.15) is 17.5 Å². The summed E-state index contributed by atoms with van der Waals surface area (Å²) in [5.74, 6) is -1.94. The number of hydrogen-bond donors (Lipinski definition) is 2. The Kier molecular flexibility index (Phi) is 5.25. The largest absolute Gasteiger partial charge is 0.372 e. The number of likely N-dealkylation sites (tertiary alicyclic amines) is 1. The Hall–Kier alpha value is -2.44. The zero-order chi connectivity index (χ0) is 18.7. The standard InChI is InChI=1S/C19H18ClFN2O3/c20-15-8-14(9-16(21)10-15)11-22-17(24)19(26)6-7-23(18(19)25)12-13-4-2-1-3-5-13/h1-5,8-10,26H,6-7,11-12H2,(H,22,24)/t19-/m1/s1. The van der Waals surface area contributed by atoms with Gasteiger partial charge in [0.25, 0.3) is 11.8 Å². The molecule has 1 aliphatic heterocycles. The number of benzene rings is 2. The lowest BCUT2D eigenvalue weighted by molar-refractivity contribution is -0.154. The number of nitrogens with zero attached hydrogens (tertiary/aromatic N) is 1. The van der Waals surface area contributed by atoms with Crippen LogP contribution in [0.4, 0.5) is 4.39 Å². The number of aliphatic hydroxyl groups is 1. The zero-order valence-corrected chi connectivity index (χ0v) is 14.7. The van der Waals surface area contributed by atoms with Gasteiger partial charge in [-0.1, -0.05) is 41.9 Å². The maximum absolute atomic E-state index is 13.3. The SMILES string of the molecule is O=C(NCc1cc(F)cc(Cl)c1)[C@]1(O)CCN(Cc2ccccc2)C1=O. The van der Waals surface area contributed by atoms with E-state index >= 15 is 0 Å². The topological polar surface area (TPSA) is 69.6 Å². The maximum Gasteiger partial charge on any atom is 0.264 e. The first-order chi connectivity index (χ1) is 12.4. The van der Waals surface area contributed by atoms with Crippen LogP contribution in [-0.2, 0) is 22.7 Å². The fourth-order valence-electron chi connectivity index (χ4n) is 2.97. The van der Waals surface area contributed by atoms with E-state index in [-0.39, 0.29) is 24.5 Å². The summed E-state index contributed by atoms with van der Waals surface area (Å²) >= 11 is 5.78. The summed E-state index contributed by atoms with van der Waals surface area (Å²) in [5, 5.41) is 13.3. The van der Waals surface area contributed by atoms with Gasteiger partial charge in [-0.25, -0.2) is 4.39 Å². The third-order valence-corrected chi connectivity index (χ3v) is 4.57. The molecule has 2 amide bonds. The molecule has 2 aromatic carbocycles. The molecule has 1 fully saturated rings. The minimum Gasteiger partial charge on any atom is -0.372 e. The quantitative estimate of drug-likeness (QED) is 0.786. The molecule has 1 heterocycles. The van der Waals surface area contributed by atoms with Gasteiger partial charge in [0.1, 0.15) is 5.82 Å². The number of amides is 2. The molecule has 7 heteroatoms. The molecule has 2 aromatic rings. The van der Waals surface area contributed by atoms with E-state index in [1.165, 1.54) is 17.0 Å². The molecule has 0 bridgehead atoms. The lowest BCUT2D eigenvalue weighted by Crippen LogP contribution is -2.52. The number of carbonyl (C=O) groups excluding carboxylic acids is 2. The molecule has 26 heavy (non-hydrogen) atoms. The van der Waals surface area contributed by atoms with E-state index < -0.39 is 23.2 Å². The lowest BCUT2D eigenvalue weighted by Gasteiger charge is -2.22. The lowest BCUT2D eigenvalue weighted by atomic mass is 10.0. The second kappa shape index (κ2) is 7.43. The van der Waals surface area contributed by atoms with Crippen LogP contribution in [0.15, 0.2) is 48.5 Å². The van der Waals surface area contributed by atoms with Gasteiger partial charge in [-0.15, -0.1) is 0 Å². The van der Waals surface area contributed by atoms with Crippen LogP contribution in [0.2, 0.25) is 5.02 Å². The average Bonchev–Trinajstić information content (AvgIpc) is 2.89. The van der Waals surface area contributed by atoms with E-state index in [9.17, 15) is 19.1 Å². The molecule has 0 spiro atoms. The van der Waals surface area contributed by atoms with E-state index in [0.717, 1.165) is 11.6 Å².